The van der Waals surface area contributed by atoms with Gasteiger partial charge in [0.25, 0.3) is 5.56 Å². The van der Waals surface area contributed by atoms with Crippen LogP contribution in [-0.4, -0.2) is 34.1 Å². The molecule has 0 aromatic carbocycles. The van der Waals surface area contributed by atoms with Gasteiger partial charge in [0.2, 0.25) is 0 Å². The minimum atomic E-state index is -0.558. The first-order valence-corrected chi connectivity index (χ1v) is 7.84. The third-order valence-corrected chi connectivity index (χ3v) is 3.46. The molecule has 0 bridgehead atoms. The molecule has 1 amide bonds. The zero-order valence-electron chi connectivity index (χ0n) is 14.4. The van der Waals surface area contributed by atoms with E-state index in [0.29, 0.717) is 12.2 Å². The van der Waals surface area contributed by atoms with Crippen LogP contribution in [0.3, 0.4) is 0 Å². The van der Waals surface area contributed by atoms with E-state index >= 15 is 0 Å². The zero-order valence-corrected chi connectivity index (χ0v) is 15.2. The van der Waals surface area contributed by atoms with Gasteiger partial charge in [-0.15, -0.1) is 0 Å². The number of rotatable bonds is 5. The van der Waals surface area contributed by atoms with E-state index in [1.165, 1.54) is 13.2 Å². The van der Waals surface area contributed by atoms with Crippen molar-refractivity contribution < 1.29 is 9.53 Å². The number of amides is 1. The second kappa shape index (κ2) is 7.68. The van der Waals surface area contributed by atoms with E-state index in [0.717, 1.165) is 4.68 Å². The summed E-state index contributed by atoms with van der Waals surface area (Å²) in [6.45, 7) is 9.77. The van der Waals surface area contributed by atoms with Crippen LogP contribution in [0.25, 0.3) is 0 Å². The normalized spacial score (nSPS) is 12.9. The number of nitrogens with one attached hydrogen (secondary N) is 2. The van der Waals surface area contributed by atoms with Gasteiger partial charge in [0.05, 0.1) is 17.9 Å². The summed E-state index contributed by atoms with van der Waals surface area (Å²) in [4.78, 5) is 23.6. The molecule has 2 N–H and O–H groups in total. The van der Waals surface area contributed by atoms with E-state index in [4.69, 9.17) is 16.3 Å². The lowest BCUT2D eigenvalue weighted by Gasteiger charge is -2.26. The maximum absolute atomic E-state index is 11.9. The molecule has 0 aliphatic carbocycles. The van der Waals surface area contributed by atoms with E-state index in [1.54, 1.807) is 20.8 Å². The standard InChI is InChI=1S/C15H25ClN4O3/c1-9(2)10(19-14(22)23-15(3,4)5)7-17-11-8-18-20(6)13(21)12(11)16/h8-10,17H,7H2,1-6H3,(H,19,22). The van der Waals surface area contributed by atoms with Gasteiger partial charge in [0.15, 0.2) is 0 Å². The highest BCUT2D eigenvalue weighted by Gasteiger charge is 2.21. The summed E-state index contributed by atoms with van der Waals surface area (Å²) in [6.07, 6.45) is 1.00. The molecule has 0 saturated carbocycles. The van der Waals surface area contributed by atoms with Crippen LogP contribution in [0.4, 0.5) is 10.5 Å². The quantitative estimate of drug-likeness (QED) is 0.856. The first-order chi connectivity index (χ1) is 10.5. The third kappa shape index (κ3) is 6.09. The molecule has 130 valence electrons. The molecule has 1 unspecified atom stereocenters. The largest absolute Gasteiger partial charge is 0.444 e. The molecule has 1 rings (SSSR count). The van der Waals surface area contributed by atoms with Crippen molar-refractivity contribution in [3.8, 4) is 0 Å². The minimum Gasteiger partial charge on any atom is -0.444 e. The smallest absolute Gasteiger partial charge is 0.407 e. The monoisotopic (exact) mass is 344 g/mol. The van der Waals surface area contributed by atoms with E-state index in [9.17, 15) is 9.59 Å². The number of hydrogen-bond acceptors (Lipinski definition) is 5. The Labute approximate surface area is 141 Å². The van der Waals surface area contributed by atoms with Crippen molar-refractivity contribution in [1.29, 1.82) is 0 Å². The van der Waals surface area contributed by atoms with Gasteiger partial charge in [-0.25, -0.2) is 9.48 Å². The zero-order chi connectivity index (χ0) is 17.8. The Bertz CT molecular complexity index is 608. The highest BCUT2D eigenvalue weighted by molar-refractivity contribution is 6.32. The van der Waals surface area contributed by atoms with E-state index in [-0.39, 0.29) is 22.5 Å². The average Bonchev–Trinajstić information content (AvgIpc) is 2.40. The molecule has 8 heteroatoms. The number of aromatic nitrogens is 2. The second-order valence-corrected chi connectivity index (χ2v) is 7.06. The summed E-state index contributed by atoms with van der Waals surface area (Å²) in [5.74, 6) is 0.160. The lowest BCUT2D eigenvalue weighted by atomic mass is 10.0. The molecule has 1 aromatic heterocycles. The van der Waals surface area contributed by atoms with Gasteiger partial charge in [-0.05, 0) is 26.7 Å². The number of anilines is 1. The molecule has 0 aliphatic heterocycles. The predicted octanol–water partition coefficient (Wildman–Crippen LogP) is 2.39. The molecule has 1 aromatic rings. The van der Waals surface area contributed by atoms with Crippen LogP contribution in [0.2, 0.25) is 5.02 Å². The van der Waals surface area contributed by atoms with Crippen molar-refractivity contribution in [2.45, 2.75) is 46.3 Å². The van der Waals surface area contributed by atoms with Crippen molar-refractivity contribution in [2.24, 2.45) is 13.0 Å². The topological polar surface area (TPSA) is 85.3 Å². The maximum Gasteiger partial charge on any atom is 0.407 e. The highest BCUT2D eigenvalue weighted by Crippen LogP contribution is 2.16. The Morgan fingerprint density at radius 3 is 2.57 bits per heavy atom. The average molecular weight is 345 g/mol. The number of ether oxygens (including phenoxy) is 1. The Morgan fingerprint density at radius 1 is 1.43 bits per heavy atom. The van der Waals surface area contributed by atoms with Gasteiger partial charge in [-0.1, -0.05) is 25.4 Å². The van der Waals surface area contributed by atoms with Gasteiger partial charge in [0, 0.05) is 13.6 Å². The second-order valence-electron chi connectivity index (χ2n) is 6.68. The number of hydrogen-bond donors (Lipinski definition) is 2. The van der Waals surface area contributed by atoms with Crippen molar-refractivity contribution in [3.05, 3.63) is 21.6 Å². The number of nitrogens with zero attached hydrogens (tertiary/aromatic N) is 2. The molecule has 1 heterocycles. The number of alkyl carbamates (subject to hydrolysis) is 1. The summed E-state index contributed by atoms with van der Waals surface area (Å²) in [7, 11) is 1.53. The molecule has 1 atom stereocenters. The SMILES string of the molecule is CC(C)C(CNc1cnn(C)c(=O)c1Cl)NC(=O)OC(C)(C)C. The minimum absolute atomic E-state index is 0.0716. The summed E-state index contributed by atoms with van der Waals surface area (Å²) in [5, 5.41) is 9.86. The highest BCUT2D eigenvalue weighted by atomic mass is 35.5. The molecule has 0 saturated heterocycles. The molecule has 0 spiro atoms. The van der Waals surface area contributed by atoms with E-state index in [2.05, 4.69) is 15.7 Å². The van der Waals surface area contributed by atoms with Crippen molar-refractivity contribution in [1.82, 2.24) is 15.1 Å². The fourth-order valence-electron chi connectivity index (χ4n) is 1.77. The van der Waals surface area contributed by atoms with Gasteiger partial charge in [0.1, 0.15) is 10.6 Å². The predicted molar refractivity (Wildman–Crippen MR) is 91.0 cm³/mol. The van der Waals surface area contributed by atoms with Crippen LogP contribution in [0, 0.1) is 5.92 Å². The molecule has 23 heavy (non-hydrogen) atoms. The molecule has 7 nitrogen and oxygen atoms in total. The van der Waals surface area contributed by atoms with E-state index in [1.807, 2.05) is 13.8 Å². The van der Waals surface area contributed by atoms with Crippen LogP contribution in [0.15, 0.2) is 11.0 Å². The summed E-state index contributed by atoms with van der Waals surface area (Å²) >= 11 is 6.01. The van der Waals surface area contributed by atoms with Gasteiger partial charge in [-0.3, -0.25) is 4.79 Å². The van der Waals surface area contributed by atoms with Crippen LogP contribution < -0.4 is 16.2 Å². The van der Waals surface area contributed by atoms with Crippen LogP contribution >= 0.6 is 11.6 Å². The Hall–Kier alpha value is -1.76. The Kier molecular flexibility index (Phi) is 6.44. The van der Waals surface area contributed by atoms with Crippen molar-refractivity contribution in [2.75, 3.05) is 11.9 Å². The summed E-state index contributed by atoms with van der Waals surface area (Å²) < 4.78 is 6.42. The van der Waals surface area contributed by atoms with Crippen LogP contribution in [0.1, 0.15) is 34.6 Å². The van der Waals surface area contributed by atoms with Crippen molar-refractivity contribution in [3.63, 3.8) is 0 Å². The first-order valence-electron chi connectivity index (χ1n) is 7.46. The molecule has 0 radical (unpaired) electrons. The fourth-order valence-corrected chi connectivity index (χ4v) is 2.00. The van der Waals surface area contributed by atoms with E-state index < -0.39 is 11.7 Å². The Balaban J connectivity index is 2.73. The molecular weight excluding hydrogens is 320 g/mol. The van der Waals surface area contributed by atoms with Gasteiger partial charge >= 0.3 is 6.09 Å². The van der Waals surface area contributed by atoms with Crippen LogP contribution in [-0.2, 0) is 11.8 Å². The third-order valence-electron chi connectivity index (χ3n) is 3.10. The lowest BCUT2D eigenvalue weighted by molar-refractivity contribution is 0.0494. The van der Waals surface area contributed by atoms with Gasteiger partial charge in [-0.2, -0.15) is 5.10 Å². The first kappa shape index (κ1) is 19.3. The number of carbonyl (C=O) groups excluding carboxylic acids is 1. The fraction of sp³-hybridized carbons (Fsp3) is 0.667. The van der Waals surface area contributed by atoms with Crippen molar-refractivity contribution >= 4 is 23.4 Å². The summed E-state index contributed by atoms with van der Waals surface area (Å²) in [5.41, 5.74) is -0.498. The summed E-state index contributed by atoms with van der Waals surface area (Å²) in [6, 6.07) is -0.190. The number of aryl methyl sites for hydroxylation is 1. The molecule has 0 aliphatic rings. The lowest BCUT2D eigenvalue weighted by Crippen LogP contribution is -2.45. The molecule has 0 fully saturated rings. The maximum atomic E-state index is 11.9. The van der Waals surface area contributed by atoms with Gasteiger partial charge < -0.3 is 15.4 Å². The number of halogens is 1. The number of carbonyl (C=O) groups is 1. The van der Waals surface area contributed by atoms with Crippen LogP contribution in [0.5, 0.6) is 0 Å². The molecular formula is C15H25ClN4O3. The Morgan fingerprint density at radius 2 is 2.04 bits per heavy atom.